The fourth-order valence-electron chi connectivity index (χ4n) is 8.56. The lowest BCUT2D eigenvalue weighted by atomic mass is 9.43. The van der Waals surface area contributed by atoms with Crippen LogP contribution in [0.5, 0.6) is 0 Å². The summed E-state index contributed by atoms with van der Waals surface area (Å²) in [6.07, 6.45) is 14.2. The van der Waals surface area contributed by atoms with Crippen LogP contribution in [0.3, 0.4) is 0 Å². The third-order valence-electron chi connectivity index (χ3n) is 10.2. The largest absolute Gasteiger partial charge is 0.472 e. The van der Waals surface area contributed by atoms with Gasteiger partial charge in [0.2, 0.25) is 0 Å². The molecule has 1 heterocycles. The Labute approximate surface area is 175 Å². The van der Waals surface area contributed by atoms with Crippen molar-refractivity contribution in [2.45, 2.75) is 89.3 Å². The summed E-state index contributed by atoms with van der Waals surface area (Å²) in [6.45, 7) is 5.47. The maximum atomic E-state index is 12.2. The summed E-state index contributed by atoms with van der Waals surface area (Å²) in [7, 11) is 0. The van der Waals surface area contributed by atoms with Crippen molar-refractivity contribution in [3.8, 4) is 0 Å². The number of aliphatic hydroxyl groups is 2. The van der Waals surface area contributed by atoms with Crippen molar-refractivity contribution >= 4 is 0 Å². The van der Waals surface area contributed by atoms with E-state index in [1.165, 1.54) is 24.8 Å². The first kappa shape index (κ1) is 20.1. The second-order valence-electron chi connectivity index (χ2n) is 11.0. The van der Waals surface area contributed by atoms with Crippen LogP contribution in [0.25, 0.3) is 0 Å². The molecule has 0 saturated heterocycles. The van der Waals surface area contributed by atoms with Gasteiger partial charge in [-0.3, -0.25) is 0 Å². The van der Waals surface area contributed by atoms with Crippen molar-refractivity contribution in [3.05, 3.63) is 24.2 Å². The molecule has 5 rings (SSSR count). The molecule has 0 aromatic carbocycles. The van der Waals surface area contributed by atoms with Gasteiger partial charge >= 0.3 is 0 Å². The number of rotatable bonds is 4. The molecule has 4 heteroatoms. The standard InChI is InChI=1S/C25H38O4/c1-23-9-5-19(29-14-12-26)15-18(23)3-4-22-21(23)6-10-24(2)20(7-11-25(22,24)27)17-8-13-28-16-17/h8,13,16,18-22,26-27H,3-7,9-12,14-15H2,1-2H3/t18-,19+,20-,21+,22-,23+,24-,25+/m1/s1. The first-order chi connectivity index (χ1) is 13.9. The van der Waals surface area contributed by atoms with Crippen molar-refractivity contribution in [2.24, 2.45) is 28.6 Å². The fourth-order valence-corrected chi connectivity index (χ4v) is 8.56. The molecule has 0 amide bonds. The highest BCUT2D eigenvalue weighted by molar-refractivity contribution is 5.26. The van der Waals surface area contributed by atoms with E-state index in [2.05, 4.69) is 19.9 Å². The SMILES string of the molecule is C[C@]12CC[C@H](OCCO)C[C@H]1CC[C@@H]1[C@@H]2CC[C@]2(C)[C@@H](c3ccoc3)CC[C@]12O. The van der Waals surface area contributed by atoms with E-state index in [0.717, 1.165) is 38.5 Å². The van der Waals surface area contributed by atoms with Gasteiger partial charge in [0, 0.05) is 5.41 Å². The van der Waals surface area contributed by atoms with Crippen LogP contribution in [0.4, 0.5) is 0 Å². The normalized spacial score (nSPS) is 49.3. The Hall–Kier alpha value is -0.840. The highest BCUT2D eigenvalue weighted by Crippen LogP contribution is 2.70. The minimum absolute atomic E-state index is 0.0390. The monoisotopic (exact) mass is 402 g/mol. The first-order valence-corrected chi connectivity index (χ1v) is 11.9. The van der Waals surface area contributed by atoms with Crippen LogP contribution in [-0.2, 0) is 4.74 Å². The summed E-state index contributed by atoms with van der Waals surface area (Å²) >= 11 is 0. The number of fused-ring (bicyclic) bond motifs is 5. The van der Waals surface area contributed by atoms with Crippen LogP contribution in [0.15, 0.2) is 23.0 Å². The molecule has 4 fully saturated rings. The molecule has 4 saturated carbocycles. The Morgan fingerprint density at radius 1 is 1.07 bits per heavy atom. The zero-order valence-electron chi connectivity index (χ0n) is 18.1. The van der Waals surface area contributed by atoms with E-state index in [1.807, 2.05) is 6.26 Å². The van der Waals surface area contributed by atoms with Gasteiger partial charge in [-0.15, -0.1) is 0 Å². The molecule has 0 unspecified atom stereocenters. The molecule has 0 radical (unpaired) electrons. The number of ether oxygens (including phenoxy) is 1. The Kier molecular flexibility index (Phi) is 4.92. The molecule has 1 aromatic rings. The fraction of sp³-hybridized carbons (Fsp3) is 0.840. The first-order valence-electron chi connectivity index (χ1n) is 11.9. The van der Waals surface area contributed by atoms with E-state index in [0.29, 0.717) is 41.8 Å². The average molecular weight is 403 g/mol. The Morgan fingerprint density at radius 2 is 1.93 bits per heavy atom. The number of aliphatic hydroxyl groups excluding tert-OH is 1. The lowest BCUT2D eigenvalue weighted by Crippen LogP contribution is -2.62. The third kappa shape index (κ3) is 2.81. The molecule has 8 atom stereocenters. The molecule has 0 bridgehead atoms. The molecule has 0 aliphatic heterocycles. The Balaban J connectivity index is 1.39. The van der Waals surface area contributed by atoms with E-state index in [1.54, 1.807) is 6.26 Å². The Bertz CT molecular complexity index is 716. The zero-order chi connectivity index (χ0) is 20.3. The summed E-state index contributed by atoms with van der Waals surface area (Å²) in [5, 5.41) is 21.3. The number of hydrogen-bond acceptors (Lipinski definition) is 4. The predicted molar refractivity (Wildman–Crippen MR) is 111 cm³/mol. The topological polar surface area (TPSA) is 62.8 Å². The lowest BCUT2D eigenvalue weighted by molar-refractivity contribution is -0.207. The summed E-state index contributed by atoms with van der Waals surface area (Å²) in [5.41, 5.74) is 1.02. The highest BCUT2D eigenvalue weighted by Gasteiger charge is 2.67. The van der Waals surface area contributed by atoms with E-state index in [4.69, 9.17) is 14.3 Å². The van der Waals surface area contributed by atoms with Crippen LogP contribution in [0.2, 0.25) is 0 Å². The molecular formula is C25H38O4. The number of furan rings is 1. The van der Waals surface area contributed by atoms with Gasteiger partial charge in [0.1, 0.15) is 0 Å². The predicted octanol–water partition coefficient (Wildman–Crippen LogP) is 4.90. The second-order valence-corrected chi connectivity index (χ2v) is 11.0. The number of hydrogen-bond donors (Lipinski definition) is 2. The van der Waals surface area contributed by atoms with Crippen LogP contribution in [0.1, 0.15) is 83.1 Å². The Morgan fingerprint density at radius 3 is 2.69 bits per heavy atom. The maximum Gasteiger partial charge on any atom is 0.0937 e. The van der Waals surface area contributed by atoms with Gasteiger partial charge < -0.3 is 19.4 Å². The van der Waals surface area contributed by atoms with E-state index < -0.39 is 5.60 Å². The summed E-state index contributed by atoms with van der Waals surface area (Å²) in [4.78, 5) is 0. The second kappa shape index (κ2) is 7.10. The van der Waals surface area contributed by atoms with Crippen LogP contribution >= 0.6 is 0 Å². The average Bonchev–Trinajstić information content (AvgIpc) is 3.32. The summed E-state index contributed by atoms with van der Waals surface area (Å²) in [5.74, 6) is 2.16. The smallest absolute Gasteiger partial charge is 0.0937 e. The van der Waals surface area contributed by atoms with Gasteiger partial charge in [-0.1, -0.05) is 13.8 Å². The molecule has 29 heavy (non-hydrogen) atoms. The molecule has 2 N–H and O–H groups in total. The van der Waals surface area contributed by atoms with Gasteiger partial charge in [-0.2, -0.15) is 0 Å². The molecule has 4 aliphatic rings. The summed E-state index contributed by atoms with van der Waals surface area (Å²) in [6, 6.07) is 2.11. The van der Waals surface area contributed by atoms with Gasteiger partial charge in [-0.05, 0) is 98.5 Å². The molecule has 0 spiro atoms. The lowest BCUT2D eigenvalue weighted by Gasteiger charge is -2.63. The van der Waals surface area contributed by atoms with Crippen molar-refractivity contribution in [3.63, 3.8) is 0 Å². The third-order valence-corrected chi connectivity index (χ3v) is 10.2. The van der Waals surface area contributed by atoms with E-state index in [9.17, 15) is 5.11 Å². The molecule has 162 valence electrons. The van der Waals surface area contributed by atoms with Gasteiger partial charge in [0.25, 0.3) is 0 Å². The van der Waals surface area contributed by atoms with Gasteiger partial charge in [-0.25, -0.2) is 0 Å². The van der Waals surface area contributed by atoms with E-state index >= 15 is 0 Å². The van der Waals surface area contributed by atoms with Crippen molar-refractivity contribution in [1.82, 2.24) is 0 Å². The van der Waals surface area contributed by atoms with Crippen LogP contribution < -0.4 is 0 Å². The minimum atomic E-state index is -0.546. The quantitative estimate of drug-likeness (QED) is 0.752. The van der Waals surface area contributed by atoms with Crippen LogP contribution in [0, 0.1) is 28.6 Å². The van der Waals surface area contributed by atoms with Gasteiger partial charge in [0.05, 0.1) is 37.4 Å². The van der Waals surface area contributed by atoms with Crippen molar-refractivity contribution in [2.75, 3.05) is 13.2 Å². The molecule has 1 aromatic heterocycles. The summed E-state index contributed by atoms with van der Waals surface area (Å²) < 4.78 is 11.3. The highest BCUT2D eigenvalue weighted by atomic mass is 16.5. The molecule has 4 nitrogen and oxygen atoms in total. The van der Waals surface area contributed by atoms with Gasteiger partial charge in [0.15, 0.2) is 0 Å². The molecule has 4 aliphatic carbocycles. The van der Waals surface area contributed by atoms with Crippen LogP contribution in [-0.4, -0.2) is 35.1 Å². The molecular weight excluding hydrogens is 364 g/mol. The van der Waals surface area contributed by atoms with E-state index in [-0.39, 0.29) is 12.0 Å². The minimum Gasteiger partial charge on any atom is -0.472 e. The zero-order valence-corrected chi connectivity index (χ0v) is 18.1. The van der Waals surface area contributed by atoms with Crippen molar-refractivity contribution < 1.29 is 19.4 Å². The van der Waals surface area contributed by atoms with Crippen molar-refractivity contribution in [1.29, 1.82) is 0 Å². The maximum absolute atomic E-state index is 12.2.